The molecule has 4 fully saturated rings. The van der Waals surface area contributed by atoms with Gasteiger partial charge in [0.25, 0.3) is 10.0 Å². The van der Waals surface area contributed by atoms with Crippen LogP contribution < -0.4 is 4.72 Å². The van der Waals surface area contributed by atoms with Crippen molar-refractivity contribution in [1.82, 2.24) is 4.72 Å². The van der Waals surface area contributed by atoms with Crippen LogP contribution in [0.2, 0.25) is 0 Å². The first kappa shape index (κ1) is 18.3. The van der Waals surface area contributed by atoms with Gasteiger partial charge < -0.3 is 0 Å². The van der Waals surface area contributed by atoms with Gasteiger partial charge in [0, 0.05) is 6.54 Å². The average Bonchev–Trinajstić information content (AvgIpc) is 2.43. The SMILES string of the molecule is O=S(=O)(NCC12CC3CC(CC(C3)C1)C2)C(F)(F)C(F)(F)C(F)F. The van der Waals surface area contributed by atoms with Crippen molar-refractivity contribution in [2.45, 2.75) is 56.1 Å². The normalized spacial score (nSPS) is 36.5. The van der Waals surface area contributed by atoms with Gasteiger partial charge in [-0.05, 0) is 61.7 Å². The Kier molecular flexibility index (Phi) is 4.18. The fourth-order valence-electron chi connectivity index (χ4n) is 5.15. The van der Waals surface area contributed by atoms with Gasteiger partial charge in [0.15, 0.2) is 0 Å². The van der Waals surface area contributed by atoms with E-state index < -0.39 is 39.6 Å². The highest BCUT2D eigenvalue weighted by Gasteiger charge is 2.71. The van der Waals surface area contributed by atoms with Crippen LogP contribution in [0.4, 0.5) is 26.3 Å². The van der Waals surface area contributed by atoms with E-state index in [0.717, 1.165) is 19.3 Å². The molecule has 0 radical (unpaired) electrons. The first-order valence-electron chi connectivity index (χ1n) is 7.91. The molecular formula is C14H19F6NO2S. The van der Waals surface area contributed by atoms with Crippen molar-refractivity contribution in [2.24, 2.45) is 23.2 Å². The first-order valence-corrected chi connectivity index (χ1v) is 9.40. The number of hydrogen-bond donors (Lipinski definition) is 1. The zero-order valence-corrected chi connectivity index (χ0v) is 13.6. The third kappa shape index (κ3) is 2.73. The van der Waals surface area contributed by atoms with Gasteiger partial charge in [0.1, 0.15) is 0 Å². The minimum Gasteiger partial charge on any atom is -0.209 e. The molecule has 0 atom stereocenters. The van der Waals surface area contributed by atoms with Crippen LogP contribution in [-0.2, 0) is 10.0 Å². The Labute approximate surface area is 136 Å². The fourth-order valence-corrected chi connectivity index (χ4v) is 6.28. The number of hydrogen-bond acceptors (Lipinski definition) is 2. The molecule has 3 nitrogen and oxygen atoms in total. The summed E-state index contributed by atoms with van der Waals surface area (Å²) in [6.07, 6.45) is 0.321. The molecule has 0 aromatic carbocycles. The van der Waals surface area contributed by atoms with E-state index in [0.29, 0.717) is 37.0 Å². The van der Waals surface area contributed by atoms with Gasteiger partial charge in [-0.15, -0.1) is 0 Å². The maximum atomic E-state index is 13.5. The maximum Gasteiger partial charge on any atom is 0.426 e. The van der Waals surface area contributed by atoms with Crippen LogP contribution in [0.3, 0.4) is 0 Å². The van der Waals surface area contributed by atoms with Crippen molar-refractivity contribution in [3.8, 4) is 0 Å². The Morgan fingerprint density at radius 3 is 1.75 bits per heavy atom. The summed E-state index contributed by atoms with van der Waals surface area (Å²) in [7, 11) is -5.92. The summed E-state index contributed by atoms with van der Waals surface area (Å²) in [6, 6.07) is 0. The summed E-state index contributed by atoms with van der Waals surface area (Å²) in [5, 5.41) is -5.86. The summed E-state index contributed by atoms with van der Waals surface area (Å²) in [5.41, 5.74) is -0.516. The van der Waals surface area contributed by atoms with Crippen molar-refractivity contribution < 1.29 is 34.8 Å². The Hall–Kier alpha value is -0.510. The average molecular weight is 379 g/mol. The van der Waals surface area contributed by atoms with E-state index in [1.54, 1.807) is 0 Å². The molecular weight excluding hydrogens is 360 g/mol. The summed E-state index contributed by atoms with van der Waals surface area (Å²) in [6.45, 7) is -0.395. The van der Waals surface area contributed by atoms with Gasteiger partial charge >= 0.3 is 17.6 Å². The number of alkyl halides is 6. The molecule has 24 heavy (non-hydrogen) atoms. The molecule has 4 aliphatic rings. The largest absolute Gasteiger partial charge is 0.426 e. The van der Waals surface area contributed by atoms with Crippen LogP contribution in [-0.4, -0.2) is 32.6 Å². The number of halogens is 6. The molecule has 4 saturated carbocycles. The van der Waals surface area contributed by atoms with Crippen LogP contribution >= 0.6 is 0 Å². The molecule has 0 aromatic rings. The lowest BCUT2D eigenvalue weighted by atomic mass is 9.50. The predicted octanol–water partition coefficient (Wildman–Crippen LogP) is 3.62. The third-order valence-corrected chi connectivity index (χ3v) is 7.27. The zero-order valence-electron chi connectivity index (χ0n) is 12.8. The van der Waals surface area contributed by atoms with Gasteiger partial charge in [-0.3, -0.25) is 0 Å². The Morgan fingerprint density at radius 1 is 0.958 bits per heavy atom. The quantitative estimate of drug-likeness (QED) is 0.717. The second-order valence-electron chi connectivity index (χ2n) is 7.68. The van der Waals surface area contributed by atoms with E-state index in [4.69, 9.17) is 0 Å². The van der Waals surface area contributed by atoms with E-state index in [1.807, 2.05) is 0 Å². The molecule has 0 amide bonds. The summed E-state index contributed by atoms with van der Waals surface area (Å²) < 4.78 is 102. The summed E-state index contributed by atoms with van der Waals surface area (Å²) >= 11 is 0. The van der Waals surface area contributed by atoms with Crippen molar-refractivity contribution in [2.75, 3.05) is 6.54 Å². The number of nitrogens with one attached hydrogen (secondary N) is 1. The van der Waals surface area contributed by atoms with Gasteiger partial charge in [-0.1, -0.05) is 0 Å². The van der Waals surface area contributed by atoms with E-state index in [-0.39, 0.29) is 0 Å². The maximum absolute atomic E-state index is 13.5. The monoisotopic (exact) mass is 379 g/mol. The van der Waals surface area contributed by atoms with Crippen LogP contribution in [0, 0.1) is 23.2 Å². The van der Waals surface area contributed by atoms with Crippen molar-refractivity contribution in [3.05, 3.63) is 0 Å². The molecule has 140 valence electrons. The van der Waals surface area contributed by atoms with Crippen LogP contribution in [0.15, 0.2) is 0 Å². The number of sulfonamides is 1. The third-order valence-electron chi connectivity index (χ3n) is 5.80. The Balaban J connectivity index is 1.74. The van der Waals surface area contributed by atoms with E-state index in [2.05, 4.69) is 0 Å². The number of rotatable bonds is 6. The molecule has 0 heterocycles. The molecule has 1 N–H and O–H groups in total. The standard InChI is InChI=1S/C14H19F6NO2S/c15-11(16)13(17,18)14(19,20)24(22,23)21-7-12-4-8-1-9(5-12)3-10(2-8)6-12/h8-11,21H,1-7H2. The Bertz CT molecular complexity index is 571. The van der Waals surface area contributed by atoms with E-state index in [9.17, 15) is 34.8 Å². The minimum absolute atomic E-state index is 0.395. The summed E-state index contributed by atoms with van der Waals surface area (Å²) in [4.78, 5) is 0. The molecule has 10 heteroatoms. The predicted molar refractivity (Wildman–Crippen MR) is 73.4 cm³/mol. The topological polar surface area (TPSA) is 46.2 Å². The van der Waals surface area contributed by atoms with E-state index >= 15 is 0 Å². The van der Waals surface area contributed by atoms with Crippen molar-refractivity contribution in [3.63, 3.8) is 0 Å². The molecule has 0 saturated heterocycles. The molecule has 4 bridgehead atoms. The highest BCUT2D eigenvalue weighted by Crippen LogP contribution is 2.59. The molecule has 0 aliphatic heterocycles. The lowest BCUT2D eigenvalue weighted by Gasteiger charge is -2.57. The van der Waals surface area contributed by atoms with Gasteiger partial charge in [0.05, 0.1) is 0 Å². The molecule has 0 unspecified atom stereocenters. The Morgan fingerprint density at radius 2 is 1.38 bits per heavy atom. The van der Waals surface area contributed by atoms with E-state index in [1.165, 1.54) is 4.72 Å². The highest BCUT2D eigenvalue weighted by atomic mass is 32.2. The fraction of sp³-hybridized carbons (Fsp3) is 1.00. The highest BCUT2D eigenvalue weighted by molar-refractivity contribution is 7.90. The second-order valence-corrected chi connectivity index (χ2v) is 9.49. The second kappa shape index (κ2) is 5.49. The minimum atomic E-state index is -5.94. The molecule has 4 rings (SSSR count). The smallest absolute Gasteiger partial charge is 0.209 e. The van der Waals surface area contributed by atoms with Gasteiger partial charge in [0.2, 0.25) is 0 Å². The van der Waals surface area contributed by atoms with Crippen molar-refractivity contribution >= 4 is 10.0 Å². The lowest BCUT2D eigenvalue weighted by Crippen LogP contribution is -2.58. The first-order chi connectivity index (χ1) is 10.9. The molecule has 4 aliphatic carbocycles. The zero-order chi connectivity index (χ0) is 18.0. The van der Waals surface area contributed by atoms with Crippen LogP contribution in [0.25, 0.3) is 0 Å². The van der Waals surface area contributed by atoms with Crippen LogP contribution in [0.1, 0.15) is 38.5 Å². The summed E-state index contributed by atoms with van der Waals surface area (Å²) in [5.74, 6) is -4.73. The van der Waals surface area contributed by atoms with Gasteiger partial charge in [-0.2, -0.15) is 17.6 Å². The molecule has 0 spiro atoms. The van der Waals surface area contributed by atoms with Crippen LogP contribution in [0.5, 0.6) is 0 Å². The van der Waals surface area contributed by atoms with Crippen molar-refractivity contribution in [1.29, 1.82) is 0 Å². The molecule has 0 aromatic heterocycles. The lowest BCUT2D eigenvalue weighted by molar-refractivity contribution is -0.225. The van der Waals surface area contributed by atoms with Gasteiger partial charge in [-0.25, -0.2) is 21.9 Å².